The van der Waals surface area contributed by atoms with Gasteiger partial charge in [-0.1, -0.05) is 15.9 Å². The van der Waals surface area contributed by atoms with Gasteiger partial charge in [-0.2, -0.15) is 15.0 Å². The lowest BCUT2D eigenvalue weighted by Gasteiger charge is -2.07. The van der Waals surface area contributed by atoms with E-state index in [0.29, 0.717) is 12.3 Å². The number of aryl methyl sites for hydroxylation is 1. The number of fused-ring (bicyclic) bond motifs is 1. The Hall–Kier alpha value is -1.69. The summed E-state index contributed by atoms with van der Waals surface area (Å²) < 4.78 is 6.58. The minimum Gasteiger partial charge on any atom is -0.493 e. The fourth-order valence-corrected chi connectivity index (χ4v) is 2.77. The van der Waals surface area contributed by atoms with E-state index < -0.39 is 0 Å². The number of hydrogen-bond donors (Lipinski definition) is 0. The first-order valence-electron chi connectivity index (χ1n) is 5.97. The molecule has 0 saturated carbocycles. The van der Waals surface area contributed by atoms with E-state index in [9.17, 15) is 4.79 Å². The monoisotopic (exact) mass is 321 g/mol. The third-order valence-electron chi connectivity index (χ3n) is 3.06. The predicted octanol–water partition coefficient (Wildman–Crippen LogP) is 1.94. The van der Waals surface area contributed by atoms with Crippen molar-refractivity contribution in [1.82, 2.24) is 15.0 Å². The van der Waals surface area contributed by atoms with Crippen molar-refractivity contribution in [1.29, 1.82) is 0 Å². The highest BCUT2D eigenvalue weighted by Crippen LogP contribution is 2.33. The minimum absolute atomic E-state index is 0.0519. The molecule has 0 radical (unpaired) electrons. The number of Topliss-reactive ketones (excluding diaryl/α,β-unsaturated/α-hetero) is 1. The number of hydrogen-bond acceptors (Lipinski definition) is 4. The third-order valence-corrected chi connectivity index (χ3v) is 3.52. The van der Waals surface area contributed by atoms with E-state index in [-0.39, 0.29) is 12.2 Å². The summed E-state index contributed by atoms with van der Waals surface area (Å²) in [5, 5.41) is 7.94. The highest BCUT2D eigenvalue weighted by Gasteiger charge is 2.20. The standard InChI is InChI=1S/C13H12BrN3O2/c1-17-15-7-11(16-17)12(18)6-9-5-10(14)4-8-2-3-19-13(8)9/h4-5,7H,2-3,6H2,1H3. The molecule has 1 aromatic heterocycles. The fraction of sp³-hybridized carbons (Fsp3) is 0.308. The van der Waals surface area contributed by atoms with Crippen LogP contribution in [0.2, 0.25) is 0 Å². The van der Waals surface area contributed by atoms with Crippen LogP contribution in [0.25, 0.3) is 0 Å². The zero-order valence-corrected chi connectivity index (χ0v) is 12.0. The molecular formula is C13H12BrN3O2. The second kappa shape index (κ2) is 4.77. The topological polar surface area (TPSA) is 57.0 Å². The molecule has 5 nitrogen and oxygen atoms in total. The second-order valence-corrected chi connectivity index (χ2v) is 5.39. The molecule has 0 N–H and O–H groups in total. The Morgan fingerprint density at radius 3 is 3.11 bits per heavy atom. The maximum Gasteiger partial charge on any atom is 0.189 e. The van der Waals surface area contributed by atoms with Crippen molar-refractivity contribution in [3.05, 3.63) is 39.6 Å². The summed E-state index contributed by atoms with van der Waals surface area (Å²) in [7, 11) is 1.69. The summed E-state index contributed by atoms with van der Waals surface area (Å²) in [5.74, 6) is 0.796. The summed E-state index contributed by atoms with van der Waals surface area (Å²) in [6, 6.07) is 3.97. The number of ketones is 1. The molecule has 1 aromatic carbocycles. The van der Waals surface area contributed by atoms with E-state index in [2.05, 4.69) is 26.1 Å². The zero-order chi connectivity index (χ0) is 13.4. The number of halogens is 1. The highest BCUT2D eigenvalue weighted by atomic mass is 79.9. The summed E-state index contributed by atoms with van der Waals surface area (Å²) in [6.07, 6.45) is 2.66. The summed E-state index contributed by atoms with van der Waals surface area (Å²) in [6.45, 7) is 0.679. The van der Waals surface area contributed by atoms with E-state index in [4.69, 9.17) is 4.74 Å². The maximum atomic E-state index is 12.2. The first-order chi connectivity index (χ1) is 9.13. The lowest BCUT2D eigenvalue weighted by atomic mass is 10.0. The van der Waals surface area contributed by atoms with Gasteiger partial charge in [0.25, 0.3) is 0 Å². The van der Waals surface area contributed by atoms with Crippen LogP contribution >= 0.6 is 15.9 Å². The van der Waals surface area contributed by atoms with Gasteiger partial charge in [0.15, 0.2) is 5.78 Å². The van der Waals surface area contributed by atoms with E-state index in [1.165, 1.54) is 11.0 Å². The number of aromatic nitrogens is 3. The van der Waals surface area contributed by atoms with E-state index in [0.717, 1.165) is 27.8 Å². The number of rotatable bonds is 3. The van der Waals surface area contributed by atoms with E-state index in [1.54, 1.807) is 7.05 Å². The minimum atomic E-state index is -0.0519. The third kappa shape index (κ3) is 2.40. The van der Waals surface area contributed by atoms with Crippen LogP contribution in [0.4, 0.5) is 0 Å². The second-order valence-electron chi connectivity index (χ2n) is 4.47. The van der Waals surface area contributed by atoms with Crippen molar-refractivity contribution in [3.8, 4) is 5.75 Å². The first-order valence-corrected chi connectivity index (χ1v) is 6.76. The van der Waals surface area contributed by atoms with Crippen LogP contribution in [0.1, 0.15) is 21.6 Å². The molecule has 3 rings (SSSR count). The lowest BCUT2D eigenvalue weighted by Crippen LogP contribution is -2.06. The van der Waals surface area contributed by atoms with Crippen LogP contribution < -0.4 is 4.74 Å². The van der Waals surface area contributed by atoms with Crippen molar-refractivity contribution in [3.63, 3.8) is 0 Å². The van der Waals surface area contributed by atoms with Gasteiger partial charge in [-0.25, -0.2) is 0 Å². The molecule has 0 spiro atoms. The van der Waals surface area contributed by atoms with Crippen molar-refractivity contribution in [2.24, 2.45) is 7.05 Å². The van der Waals surface area contributed by atoms with E-state index in [1.807, 2.05) is 12.1 Å². The molecule has 0 atom stereocenters. The Morgan fingerprint density at radius 2 is 2.37 bits per heavy atom. The summed E-state index contributed by atoms with van der Waals surface area (Å²) in [5.41, 5.74) is 2.43. The van der Waals surface area contributed by atoms with Crippen LogP contribution in [-0.2, 0) is 19.9 Å². The molecule has 2 aromatic rings. The zero-order valence-electron chi connectivity index (χ0n) is 10.4. The smallest absolute Gasteiger partial charge is 0.189 e. The molecule has 6 heteroatoms. The molecule has 1 aliphatic heterocycles. The molecule has 0 bridgehead atoms. The maximum absolute atomic E-state index is 12.2. The molecule has 2 heterocycles. The molecule has 0 fully saturated rings. The average Bonchev–Trinajstić information content (AvgIpc) is 2.97. The van der Waals surface area contributed by atoms with Crippen LogP contribution in [0, 0.1) is 0 Å². The van der Waals surface area contributed by atoms with Crippen molar-refractivity contribution < 1.29 is 9.53 Å². The molecule has 19 heavy (non-hydrogen) atoms. The molecule has 0 unspecified atom stereocenters. The fourth-order valence-electron chi connectivity index (χ4n) is 2.21. The Balaban J connectivity index is 1.90. The van der Waals surface area contributed by atoms with Gasteiger partial charge < -0.3 is 4.74 Å². The SMILES string of the molecule is Cn1ncc(C(=O)Cc2cc(Br)cc3c2OCC3)n1. The van der Waals surface area contributed by atoms with Crippen molar-refractivity contribution >= 4 is 21.7 Å². The first kappa shape index (κ1) is 12.3. The molecule has 1 aliphatic rings. The van der Waals surface area contributed by atoms with Gasteiger partial charge in [-0.15, -0.1) is 0 Å². The molecule has 0 aliphatic carbocycles. The number of benzene rings is 1. The largest absolute Gasteiger partial charge is 0.493 e. The normalized spacial score (nSPS) is 13.2. The van der Waals surface area contributed by atoms with Gasteiger partial charge in [0, 0.05) is 29.9 Å². The Bertz CT molecular complexity index is 651. The highest BCUT2D eigenvalue weighted by molar-refractivity contribution is 9.10. The van der Waals surface area contributed by atoms with E-state index >= 15 is 0 Å². The van der Waals surface area contributed by atoms with Crippen LogP contribution in [-0.4, -0.2) is 27.4 Å². The van der Waals surface area contributed by atoms with Gasteiger partial charge in [0.05, 0.1) is 12.8 Å². The Labute approximate surface area is 118 Å². The van der Waals surface area contributed by atoms with Crippen LogP contribution in [0.5, 0.6) is 5.75 Å². The molecule has 0 saturated heterocycles. The van der Waals surface area contributed by atoms with Gasteiger partial charge in [-0.05, 0) is 17.7 Å². The summed E-state index contributed by atoms with van der Waals surface area (Å²) >= 11 is 3.47. The Morgan fingerprint density at radius 1 is 1.53 bits per heavy atom. The molecule has 98 valence electrons. The number of carbonyl (C=O) groups excluding carboxylic acids is 1. The summed E-state index contributed by atoms with van der Waals surface area (Å²) in [4.78, 5) is 13.5. The van der Waals surface area contributed by atoms with Gasteiger partial charge in [0.2, 0.25) is 0 Å². The lowest BCUT2D eigenvalue weighted by molar-refractivity contribution is 0.0986. The van der Waals surface area contributed by atoms with Crippen molar-refractivity contribution in [2.75, 3.05) is 6.61 Å². The van der Waals surface area contributed by atoms with Gasteiger partial charge in [-0.3, -0.25) is 4.79 Å². The average molecular weight is 322 g/mol. The number of carbonyl (C=O) groups is 1. The van der Waals surface area contributed by atoms with Gasteiger partial charge in [0.1, 0.15) is 11.4 Å². The quantitative estimate of drug-likeness (QED) is 0.811. The van der Waals surface area contributed by atoms with Gasteiger partial charge >= 0.3 is 0 Å². The molecule has 0 amide bonds. The molecular weight excluding hydrogens is 310 g/mol. The number of nitrogens with zero attached hydrogens (tertiary/aromatic N) is 3. The Kier molecular flexibility index (Phi) is 3.10. The van der Waals surface area contributed by atoms with Crippen LogP contribution in [0.15, 0.2) is 22.8 Å². The number of ether oxygens (including phenoxy) is 1. The van der Waals surface area contributed by atoms with Crippen molar-refractivity contribution in [2.45, 2.75) is 12.8 Å². The predicted molar refractivity (Wildman–Crippen MR) is 72.4 cm³/mol. The van der Waals surface area contributed by atoms with Crippen LogP contribution in [0.3, 0.4) is 0 Å².